The smallest absolute Gasteiger partial charge is 0.244 e. The van der Waals surface area contributed by atoms with Crippen LogP contribution in [0.4, 0.5) is 23.1 Å². The number of benzene rings is 2. The highest BCUT2D eigenvalue weighted by atomic mass is 35.5. The molecule has 5 rings (SSSR count). The maximum Gasteiger partial charge on any atom is 0.244 e. The van der Waals surface area contributed by atoms with E-state index in [2.05, 4.69) is 43.5 Å². The van der Waals surface area contributed by atoms with E-state index in [9.17, 15) is 8.42 Å². The van der Waals surface area contributed by atoms with E-state index < -0.39 is 10.0 Å². The van der Waals surface area contributed by atoms with Crippen molar-refractivity contribution < 1.29 is 13.2 Å². The SMILES string of the molecule is COc1c(Nc2ncc(Cl)c(Nc3ccccc3S(=O)(=O)N(C)C)n2)ccc2c1CCC(N1CCN(C)CC1)CC2. The topological polar surface area (TPSA) is 103 Å². The van der Waals surface area contributed by atoms with Gasteiger partial charge in [0, 0.05) is 46.3 Å². The number of rotatable bonds is 8. The minimum Gasteiger partial charge on any atom is -0.494 e. The van der Waals surface area contributed by atoms with Crippen LogP contribution < -0.4 is 15.4 Å². The Morgan fingerprint density at radius 3 is 2.46 bits per heavy atom. The van der Waals surface area contributed by atoms with Crippen molar-refractivity contribution in [3.8, 4) is 5.75 Å². The first-order valence-corrected chi connectivity index (χ1v) is 15.7. The van der Waals surface area contributed by atoms with Gasteiger partial charge in [-0.3, -0.25) is 4.90 Å². The number of fused-ring (bicyclic) bond motifs is 1. The average Bonchev–Trinajstić information content (AvgIpc) is 3.18. The van der Waals surface area contributed by atoms with Crippen molar-refractivity contribution in [3.63, 3.8) is 0 Å². The monoisotopic (exact) mass is 599 g/mol. The molecule has 1 unspecified atom stereocenters. The molecule has 0 radical (unpaired) electrons. The molecule has 2 aliphatic rings. The molecule has 1 atom stereocenters. The van der Waals surface area contributed by atoms with E-state index in [-0.39, 0.29) is 15.7 Å². The van der Waals surface area contributed by atoms with Crippen LogP contribution in [0.5, 0.6) is 5.75 Å². The molecule has 220 valence electrons. The third-order valence-corrected chi connectivity index (χ3v) is 10.1. The summed E-state index contributed by atoms with van der Waals surface area (Å²) >= 11 is 6.43. The van der Waals surface area contributed by atoms with E-state index in [4.69, 9.17) is 16.3 Å². The number of likely N-dealkylation sites (N-methyl/N-ethyl adjacent to an activating group) is 1. The number of ether oxygens (including phenoxy) is 1. The molecule has 2 heterocycles. The Kier molecular flexibility index (Phi) is 9.00. The van der Waals surface area contributed by atoms with Crippen LogP contribution in [0.3, 0.4) is 0 Å². The van der Waals surface area contributed by atoms with Crippen molar-refractivity contribution in [2.75, 3.05) is 65.1 Å². The van der Waals surface area contributed by atoms with Crippen LogP contribution in [-0.4, -0.2) is 93.0 Å². The average molecular weight is 600 g/mol. The van der Waals surface area contributed by atoms with Crippen LogP contribution in [0.2, 0.25) is 5.02 Å². The molecule has 0 amide bonds. The number of piperazine rings is 1. The van der Waals surface area contributed by atoms with Crippen molar-refractivity contribution in [1.29, 1.82) is 0 Å². The van der Waals surface area contributed by atoms with Gasteiger partial charge < -0.3 is 20.3 Å². The third kappa shape index (κ3) is 6.44. The molecule has 3 aromatic rings. The van der Waals surface area contributed by atoms with Gasteiger partial charge in [0.15, 0.2) is 5.82 Å². The highest BCUT2D eigenvalue weighted by molar-refractivity contribution is 7.89. The molecule has 1 aromatic heterocycles. The van der Waals surface area contributed by atoms with Crippen molar-refractivity contribution >= 4 is 44.8 Å². The summed E-state index contributed by atoms with van der Waals surface area (Å²) in [6, 6.07) is 11.4. The maximum atomic E-state index is 12.9. The second-order valence-electron chi connectivity index (χ2n) is 10.8. The maximum absolute atomic E-state index is 12.9. The second kappa shape index (κ2) is 12.5. The van der Waals surface area contributed by atoms with Gasteiger partial charge >= 0.3 is 0 Å². The zero-order valence-electron chi connectivity index (χ0n) is 24.0. The molecular weight excluding hydrogens is 562 g/mol. The lowest BCUT2D eigenvalue weighted by Crippen LogP contribution is -2.49. The van der Waals surface area contributed by atoms with Crippen LogP contribution >= 0.6 is 11.6 Å². The molecule has 12 heteroatoms. The van der Waals surface area contributed by atoms with E-state index in [1.54, 1.807) is 31.4 Å². The molecule has 2 aromatic carbocycles. The number of hydrogen-bond donors (Lipinski definition) is 2. The molecule has 0 saturated carbocycles. The van der Waals surface area contributed by atoms with Gasteiger partial charge in [-0.05, 0) is 62.1 Å². The molecule has 0 spiro atoms. The van der Waals surface area contributed by atoms with Gasteiger partial charge in [-0.25, -0.2) is 17.7 Å². The highest BCUT2D eigenvalue weighted by Gasteiger charge is 2.27. The number of anilines is 4. The molecule has 1 aliphatic carbocycles. The van der Waals surface area contributed by atoms with Gasteiger partial charge in [-0.15, -0.1) is 0 Å². The molecule has 41 heavy (non-hydrogen) atoms. The second-order valence-corrected chi connectivity index (χ2v) is 13.3. The van der Waals surface area contributed by atoms with Crippen LogP contribution in [0.1, 0.15) is 24.0 Å². The Labute approximate surface area is 247 Å². The fraction of sp³-hybridized carbons (Fsp3) is 0.448. The lowest BCUT2D eigenvalue weighted by molar-refractivity contribution is 0.103. The van der Waals surface area contributed by atoms with E-state index in [0.29, 0.717) is 17.7 Å². The summed E-state index contributed by atoms with van der Waals surface area (Å²) in [6.45, 7) is 4.49. The highest BCUT2D eigenvalue weighted by Crippen LogP contribution is 2.38. The third-order valence-electron chi connectivity index (χ3n) is 7.98. The first kappa shape index (κ1) is 29.5. The standard InChI is InChI=1S/C29H38ClN7O3S/c1-35(2)41(38,39)26-8-6-5-7-24(26)32-28-23(30)19-31-29(34-28)33-25-14-10-20-9-11-21(12-13-22(20)27(25)40-4)37-17-15-36(3)16-18-37/h5-8,10,14,19,21H,9,11-13,15-18H2,1-4H3,(H2,31,32,33,34). The van der Waals surface area contributed by atoms with Crippen LogP contribution in [0.25, 0.3) is 0 Å². The summed E-state index contributed by atoms with van der Waals surface area (Å²) in [5.41, 5.74) is 3.68. The molecule has 1 saturated heterocycles. The first-order chi connectivity index (χ1) is 19.7. The predicted octanol–water partition coefficient (Wildman–Crippen LogP) is 4.37. The largest absolute Gasteiger partial charge is 0.494 e. The number of nitrogens with zero attached hydrogens (tertiary/aromatic N) is 5. The van der Waals surface area contributed by atoms with Crippen LogP contribution in [0, 0.1) is 0 Å². The Bertz CT molecular complexity index is 1490. The number of methoxy groups -OCH3 is 1. The van der Waals surface area contributed by atoms with E-state index >= 15 is 0 Å². The minimum absolute atomic E-state index is 0.122. The zero-order valence-corrected chi connectivity index (χ0v) is 25.6. The van der Waals surface area contributed by atoms with E-state index in [0.717, 1.165) is 63.3 Å². The Hall–Kier alpha value is -2.96. The molecule has 1 fully saturated rings. The number of halogens is 1. The predicted molar refractivity (Wildman–Crippen MR) is 163 cm³/mol. The van der Waals surface area contributed by atoms with Gasteiger partial charge in [0.1, 0.15) is 15.7 Å². The fourth-order valence-corrected chi connectivity index (χ4v) is 6.77. The van der Waals surface area contributed by atoms with Gasteiger partial charge in [0.25, 0.3) is 0 Å². The summed E-state index contributed by atoms with van der Waals surface area (Å²) in [5.74, 6) is 1.40. The summed E-state index contributed by atoms with van der Waals surface area (Å²) in [5, 5.41) is 6.65. The quantitative estimate of drug-likeness (QED) is 0.365. The van der Waals surface area contributed by atoms with Crippen molar-refractivity contribution in [2.45, 2.75) is 36.6 Å². The number of hydrogen-bond acceptors (Lipinski definition) is 9. The van der Waals surface area contributed by atoms with Crippen molar-refractivity contribution in [2.24, 2.45) is 0 Å². The molecule has 2 N–H and O–H groups in total. The summed E-state index contributed by atoms with van der Waals surface area (Å²) in [4.78, 5) is 14.1. The summed E-state index contributed by atoms with van der Waals surface area (Å²) in [6.07, 6.45) is 5.68. The fourth-order valence-electron chi connectivity index (χ4n) is 5.59. The molecule has 0 bridgehead atoms. The number of nitrogens with one attached hydrogen (secondary N) is 2. The first-order valence-electron chi connectivity index (χ1n) is 13.9. The van der Waals surface area contributed by atoms with Gasteiger partial charge in [-0.2, -0.15) is 4.98 Å². The lowest BCUT2D eigenvalue weighted by atomic mass is 10.0. The number of aromatic nitrogens is 2. The molecule has 10 nitrogen and oxygen atoms in total. The Morgan fingerprint density at radius 2 is 1.73 bits per heavy atom. The van der Waals surface area contributed by atoms with Gasteiger partial charge in [0.05, 0.1) is 24.7 Å². The van der Waals surface area contributed by atoms with Gasteiger partial charge in [0.2, 0.25) is 16.0 Å². The Morgan fingerprint density at radius 1 is 1.00 bits per heavy atom. The van der Waals surface area contributed by atoms with Crippen LogP contribution in [-0.2, 0) is 22.9 Å². The zero-order chi connectivity index (χ0) is 29.1. The van der Waals surface area contributed by atoms with E-state index in [1.165, 1.54) is 35.7 Å². The Balaban J connectivity index is 1.37. The number of para-hydroxylation sites is 1. The summed E-state index contributed by atoms with van der Waals surface area (Å²) in [7, 11) is 3.19. The lowest BCUT2D eigenvalue weighted by Gasteiger charge is -2.37. The summed E-state index contributed by atoms with van der Waals surface area (Å²) < 4.78 is 32.8. The number of aryl methyl sites for hydroxylation is 1. The molecular formula is C29H38ClN7O3S. The van der Waals surface area contributed by atoms with E-state index in [1.807, 2.05) is 6.07 Å². The van der Waals surface area contributed by atoms with Crippen molar-refractivity contribution in [3.05, 3.63) is 58.7 Å². The minimum atomic E-state index is -3.69. The van der Waals surface area contributed by atoms with Gasteiger partial charge in [-0.1, -0.05) is 29.8 Å². The van der Waals surface area contributed by atoms with Crippen LogP contribution in [0.15, 0.2) is 47.5 Å². The van der Waals surface area contributed by atoms with Crippen molar-refractivity contribution in [1.82, 2.24) is 24.1 Å². The normalized spacial score (nSPS) is 18.5. The molecule has 1 aliphatic heterocycles. The number of sulfonamides is 1.